The second-order valence-electron chi connectivity index (χ2n) is 5.20. The van der Waals surface area contributed by atoms with Crippen LogP contribution in [0.25, 0.3) is 0 Å². The molecule has 0 aromatic carbocycles. The molecule has 0 aromatic rings. The Hall–Kier alpha value is -0.530. The molecule has 2 fully saturated rings. The van der Waals surface area contributed by atoms with E-state index in [-0.39, 0.29) is 0 Å². The molecule has 2 saturated carbocycles. The Labute approximate surface area is 86.5 Å². The molecule has 0 spiro atoms. The van der Waals surface area contributed by atoms with Gasteiger partial charge >= 0.3 is 0 Å². The molecule has 0 unspecified atom stereocenters. The molecule has 1 N–H and O–H groups in total. The summed E-state index contributed by atoms with van der Waals surface area (Å²) in [7, 11) is 0. The summed E-state index contributed by atoms with van der Waals surface area (Å²) in [5.74, 6) is 1.97. The van der Waals surface area contributed by atoms with Gasteiger partial charge in [-0.25, -0.2) is 0 Å². The first-order valence-electron chi connectivity index (χ1n) is 5.99. The van der Waals surface area contributed by atoms with Crippen LogP contribution in [0.1, 0.15) is 46.0 Å². The van der Waals surface area contributed by atoms with Gasteiger partial charge in [-0.05, 0) is 31.1 Å². The van der Waals surface area contributed by atoms with Crippen molar-refractivity contribution in [1.29, 1.82) is 0 Å². The molecule has 0 heterocycles. The molecule has 0 aromatic heterocycles. The molecule has 2 nitrogen and oxygen atoms in total. The van der Waals surface area contributed by atoms with Crippen molar-refractivity contribution in [3.63, 3.8) is 0 Å². The Morgan fingerprint density at radius 1 is 1.14 bits per heavy atom. The first-order chi connectivity index (χ1) is 6.68. The Morgan fingerprint density at radius 2 is 1.79 bits per heavy atom. The van der Waals surface area contributed by atoms with Gasteiger partial charge in [0.1, 0.15) is 0 Å². The average molecular weight is 195 g/mol. The number of rotatable bonds is 2. The van der Waals surface area contributed by atoms with Crippen molar-refractivity contribution in [2.24, 2.45) is 17.8 Å². The van der Waals surface area contributed by atoms with Crippen LogP contribution >= 0.6 is 0 Å². The van der Waals surface area contributed by atoms with Gasteiger partial charge in [0.15, 0.2) is 0 Å². The van der Waals surface area contributed by atoms with Crippen LogP contribution in [0, 0.1) is 17.8 Å². The van der Waals surface area contributed by atoms with Crippen LogP contribution in [-0.2, 0) is 4.79 Å². The van der Waals surface area contributed by atoms with Gasteiger partial charge in [0.05, 0.1) is 0 Å². The molecule has 1 amide bonds. The molecule has 14 heavy (non-hydrogen) atoms. The normalized spacial score (nSPS) is 41.9. The van der Waals surface area contributed by atoms with Gasteiger partial charge in [-0.1, -0.05) is 26.7 Å². The van der Waals surface area contributed by atoms with Crippen LogP contribution < -0.4 is 5.32 Å². The minimum absolute atomic E-state index is 0.316. The lowest BCUT2D eigenvalue weighted by Crippen LogP contribution is -2.41. The maximum atomic E-state index is 11.7. The summed E-state index contributed by atoms with van der Waals surface area (Å²) in [6.07, 6.45) is 6.20. The van der Waals surface area contributed by atoms with E-state index in [4.69, 9.17) is 0 Å². The Kier molecular flexibility index (Phi) is 2.80. The molecule has 4 atom stereocenters. The zero-order valence-corrected chi connectivity index (χ0v) is 9.25. The Morgan fingerprint density at radius 3 is 2.36 bits per heavy atom. The van der Waals surface area contributed by atoms with E-state index in [0.717, 1.165) is 6.42 Å². The molecule has 0 bridgehead atoms. The SMILES string of the molecule is C[C@H]1C[C@@H]1C(=O)N[C@@H]1CCCC[C@@H]1C. The smallest absolute Gasteiger partial charge is 0.223 e. The lowest BCUT2D eigenvalue weighted by Gasteiger charge is -2.29. The minimum Gasteiger partial charge on any atom is -0.353 e. The van der Waals surface area contributed by atoms with Crippen LogP contribution in [0.5, 0.6) is 0 Å². The Bertz CT molecular complexity index is 226. The fourth-order valence-corrected chi connectivity index (χ4v) is 2.51. The Balaban J connectivity index is 1.80. The van der Waals surface area contributed by atoms with Crippen LogP contribution in [-0.4, -0.2) is 11.9 Å². The van der Waals surface area contributed by atoms with E-state index >= 15 is 0 Å². The van der Waals surface area contributed by atoms with E-state index in [0.29, 0.717) is 29.7 Å². The third kappa shape index (κ3) is 2.10. The van der Waals surface area contributed by atoms with Crippen molar-refractivity contribution in [2.45, 2.75) is 52.0 Å². The van der Waals surface area contributed by atoms with Gasteiger partial charge < -0.3 is 5.32 Å². The second-order valence-corrected chi connectivity index (χ2v) is 5.20. The fourth-order valence-electron chi connectivity index (χ4n) is 2.51. The summed E-state index contributed by atoms with van der Waals surface area (Å²) >= 11 is 0. The van der Waals surface area contributed by atoms with E-state index in [1.807, 2.05) is 0 Å². The number of nitrogens with one attached hydrogen (secondary N) is 1. The third-order valence-electron chi connectivity index (χ3n) is 3.89. The van der Waals surface area contributed by atoms with Gasteiger partial charge in [-0.2, -0.15) is 0 Å². The van der Waals surface area contributed by atoms with E-state index in [9.17, 15) is 4.79 Å². The van der Waals surface area contributed by atoms with Gasteiger partial charge in [-0.3, -0.25) is 4.79 Å². The number of carbonyl (C=O) groups is 1. The van der Waals surface area contributed by atoms with Crippen molar-refractivity contribution in [3.8, 4) is 0 Å². The lowest BCUT2D eigenvalue weighted by molar-refractivity contribution is -0.123. The van der Waals surface area contributed by atoms with E-state index in [1.54, 1.807) is 0 Å². The number of amides is 1. The van der Waals surface area contributed by atoms with Crippen LogP contribution in [0.4, 0.5) is 0 Å². The summed E-state index contributed by atoms with van der Waals surface area (Å²) in [5, 5.41) is 3.22. The first kappa shape index (κ1) is 10.0. The summed E-state index contributed by atoms with van der Waals surface area (Å²) in [5.41, 5.74) is 0. The molecule has 2 heteroatoms. The van der Waals surface area contributed by atoms with Crippen molar-refractivity contribution in [1.82, 2.24) is 5.32 Å². The highest BCUT2D eigenvalue weighted by molar-refractivity contribution is 5.81. The first-order valence-corrected chi connectivity index (χ1v) is 5.99. The van der Waals surface area contributed by atoms with E-state index in [2.05, 4.69) is 19.2 Å². The summed E-state index contributed by atoms with van der Waals surface area (Å²) < 4.78 is 0. The third-order valence-corrected chi connectivity index (χ3v) is 3.89. The molecule has 0 radical (unpaired) electrons. The zero-order chi connectivity index (χ0) is 10.1. The lowest BCUT2D eigenvalue weighted by atomic mass is 9.86. The van der Waals surface area contributed by atoms with Crippen molar-refractivity contribution < 1.29 is 4.79 Å². The minimum atomic E-state index is 0.316. The van der Waals surface area contributed by atoms with Gasteiger partial charge in [0.2, 0.25) is 5.91 Å². The monoisotopic (exact) mass is 195 g/mol. The van der Waals surface area contributed by atoms with Crippen LogP contribution in [0.15, 0.2) is 0 Å². The maximum Gasteiger partial charge on any atom is 0.223 e. The highest BCUT2D eigenvalue weighted by atomic mass is 16.2. The van der Waals surface area contributed by atoms with Crippen molar-refractivity contribution >= 4 is 5.91 Å². The quantitative estimate of drug-likeness (QED) is 0.720. The van der Waals surface area contributed by atoms with Gasteiger partial charge in [0, 0.05) is 12.0 Å². The molecular formula is C12H21NO. The predicted octanol–water partition coefficient (Wildman–Crippen LogP) is 2.34. The van der Waals surface area contributed by atoms with Crippen LogP contribution in [0.2, 0.25) is 0 Å². The van der Waals surface area contributed by atoms with E-state index < -0.39 is 0 Å². The topological polar surface area (TPSA) is 29.1 Å². The molecule has 80 valence electrons. The summed E-state index contributed by atoms with van der Waals surface area (Å²) in [4.78, 5) is 11.7. The second kappa shape index (κ2) is 3.92. The number of hydrogen-bond acceptors (Lipinski definition) is 1. The molecule has 0 saturated heterocycles. The van der Waals surface area contributed by atoms with Crippen molar-refractivity contribution in [3.05, 3.63) is 0 Å². The standard InChI is InChI=1S/C12H21NO/c1-8-5-3-4-6-11(8)13-12(14)10-7-9(10)2/h8-11H,3-7H2,1-2H3,(H,13,14)/t8-,9-,10-,11+/m0/s1. The summed E-state index contributed by atoms with van der Waals surface area (Å²) in [6.45, 7) is 4.43. The summed E-state index contributed by atoms with van der Waals surface area (Å²) in [6, 6.07) is 0.462. The van der Waals surface area contributed by atoms with Gasteiger partial charge in [-0.15, -0.1) is 0 Å². The predicted molar refractivity (Wildman–Crippen MR) is 56.8 cm³/mol. The molecule has 2 aliphatic rings. The van der Waals surface area contributed by atoms with Crippen LogP contribution in [0.3, 0.4) is 0 Å². The number of carbonyl (C=O) groups excluding carboxylic acids is 1. The van der Waals surface area contributed by atoms with Crippen molar-refractivity contribution in [2.75, 3.05) is 0 Å². The highest BCUT2D eigenvalue weighted by Gasteiger charge is 2.40. The average Bonchev–Trinajstić information content (AvgIpc) is 2.87. The largest absolute Gasteiger partial charge is 0.353 e. The maximum absolute atomic E-state index is 11.7. The zero-order valence-electron chi connectivity index (χ0n) is 9.25. The molecule has 0 aliphatic heterocycles. The van der Waals surface area contributed by atoms with Gasteiger partial charge in [0.25, 0.3) is 0 Å². The fraction of sp³-hybridized carbons (Fsp3) is 0.917. The van der Waals surface area contributed by atoms with E-state index in [1.165, 1.54) is 25.7 Å². The molecular weight excluding hydrogens is 174 g/mol. The molecule has 2 rings (SSSR count). The highest BCUT2D eigenvalue weighted by Crippen LogP contribution is 2.38. The molecule has 2 aliphatic carbocycles. The number of hydrogen-bond donors (Lipinski definition) is 1.